The Morgan fingerprint density at radius 2 is 2.50 bits per heavy atom. The molecule has 5 heteroatoms. The van der Waals surface area contributed by atoms with Crippen molar-refractivity contribution in [3.63, 3.8) is 0 Å². The largest absolute Gasteiger partial charge is 0.351 e. The van der Waals surface area contributed by atoms with Gasteiger partial charge in [0.05, 0.1) is 12.2 Å². The van der Waals surface area contributed by atoms with Gasteiger partial charge in [0.25, 0.3) is 0 Å². The van der Waals surface area contributed by atoms with E-state index in [0.29, 0.717) is 6.54 Å². The van der Waals surface area contributed by atoms with Crippen LogP contribution in [0.5, 0.6) is 0 Å². The Morgan fingerprint density at radius 3 is 3.25 bits per heavy atom. The van der Waals surface area contributed by atoms with Gasteiger partial charge in [0.1, 0.15) is 0 Å². The Labute approximate surface area is 69.9 Å². The van der Waals surface area contributed by atoms with Gasteiger partial charge in [0, 0.05) is 12.7 Å². The minimum Gasteiger partial charge on any atom is -0.351 e. The second kappa shape index (κ2) is 2.53. The summed E-state index contributed by atoms with van der Waals surface area (Å²) in [4.78, 5) is 12.3. The first-order chi connectivity index (χ1) is 5.77. The van der Waals surface area contributed by atoms with E-state index >= 15 is 0 Å². The standard InChI is InChI=1S/C7H10N4O/c8-7(12)11-2-1-6-5(4-11)3-9-10-6/h1-2,9-10H,3-4H2,(H2,8,12). The first-order valence-electron chi connectivity index (χ1n) is 3.72. The molecular formula is C7H10N4O. The summed E-state index contributed by atoms with van der Waals surface area (Å²) in [7, 11) is 0. The zero-order chi connectivity index (χ0) is 8.55. The van der Waals surface area contributed by atoms with Crippen molar-refractivity contribution in [3.05, 3.63) is 23.5 Å². The molecule has 2 amide bonds. The number of allylic oxidation sites excluding steroid dienone is 1. The van der Waals surface area contributed by atoms with E-state index in [1.807, 2.05) is 6.08 Å². The van der Waals surface area contributed by atoms with Gasteiger partial charge in [-0.05, 0) is 11.6 Å². The van der Waals surface area contributed by atoms with Crippen LogP contribution in [0.15, 0.2) is 23.5 Å². The number of nitrogens with zero attached hydrogens (tertiary/aromatic N) is 1. The third-order valence-electron chi connectivity index (χ3n) is 1.97. The molecule has 2 aliphatic rings. The van der Waals surface area contributed by atoms with Gasteiger partial charge >= 0.3 is 6.03 Å². The van der Waals surface area contributed by atoms with Gasteiger partial charge in [0.2, 0.25) is 0 Å². The molecular weight excluding hydrogens is 156 g/mol. The number of nitrogens with one attached hydrogen (secondary N) is 2. The Hall–Kier alpha value is -1.49. The van der Waals surface area contributed by atoms with E-state index in [1.54, 1.807) is 6.20 Å². The van der Waals surface area contributed by atoms with Crippen molar-refractivity contribution in [2.24, 2.45) is 5.73 Å². The summed E-state index contributed by atoms with van der Waals surface area (Å²) < 4.78 is 0. The van der Waals surface area contributed by atoms with Crippen molar-refractivity contribution >= 4 is 6.03 Å². The maximum atomic E-state index is 10.8. The summed E-state index contributed by atoms with van der Waals surface area (Å²) in [6.07, 6.45) is 3.52. The number of rotatable bonds is 0. The highest BCUT2D eigenvalue weighted by Gasteiger charge is 2.19. The molecule has 0 aliphatic carbocycles. The van der Waals surface area contributed by atoms with Gasteiger partial charge in [-0.3, -0.25) is 4.90 Å². The average molecular weight is 166 g/mol. The summed E-state index contributed by atoms with van der Waals surface area (Å²) in [5.74, 6) is 0. The van der Waals surface area contributed by atoms with E-state index in [9.17, 15) is 4.79 Å². The normalized spacial score (nSPS) is 20.8. The lowest BCUT2D eigenvalue weighted by Gasteiger charge is -2.19. The molecule has 2 heterocycles. The Morgan fingerprint density at radius 1 is 1.67 bits per heavy atom. The van der Waals surface area contributed by atoms with Gasteiger partial charge in [-0.15, -0.1) is 0 Å². The lowest BCUT2D eigenvalue weighted by Crippen LogP contribution is -2.34. The van der Waals surface area contributed by atoms with Crippen molar-refractivity contribution in [1.29, 1.82) is 0 Å². The molecule has 0 radical (unpaired) electrons. The molecule has 12 heavy (non-hydrogen) atoms. The highest BCUT2D eigenvalue weighted by Crippen LogP contribution is 2.14. The molecule has 2 aliphatic heterocycles. The van der Waals surface area contributed by atoms with E-state index in [2.05, 4.69) is 10.9 Å². The van der Waals surface area contributed by atoms with Crippen molar-refractivity contribution in [3.8, 4) is 0 Å². The van der Waals surface area contributed by atoms with E-state index in [0.717, 1.165) is 17.8 Å². The maximum absolute atomic E-state index is 10.8. The molecule has 0 saturated carbocycles. The van der Waals surface area contributed by atoms with E-state index in [1.165, 1.54) is 4.90 Å². The molecule has 0 atom stereocenters. The van der Waals surface area contributed by atoms with Gasteiger partial charge in [-0.1, -0.05) is 0 Å². The molecule has 0 fully saturated rings. The van der Waals surface area contributed by atoms with Crippen LogP contribution in [-0.2, 0) is 0 Å². The fourth-order valence-corrected chi connectivity index (χ4v) is 1.30. The van der Waals surface area contributed by atoms with Crippen molar-refractivity contribution in [1.82, 2.24) is 15.8 Å². The predicted octanol–water partition coefficient (Wildman–Crippen LogP) is -0.744. The number of carbonyl (C=O) groups is 1. The van der Waals surface area contributed by atoms with Crippen molar-refractivity contribution in [2.45, 2.75) is 0 Å². The molecule has 0 aromatic heterocycles. The Bertz CT molecular complexity index is 281. The van der Waals surface area contributed by atoms with Crippen LogP contribution in [0.25, 0.3) is 0 Å². The predicted molar refractivity (Wildman–Crippen MR) is 43.6 cm³/mol. The number of hydrogen-bond acceptors (Lipinski definition) is 3. The molecule has 4 N–H and O–H groups in total. The summed E-state index contributed by atoms with van der Waals surface area (Å²) >= 11 is 0. The van der Waals surface area contributed by atoms with Gasteiger partial charge < -0.3 is 11.2 Å². The number of hydrogen-bond donors (Lipinski definition) is 3. The molecule has 0 bridgehead atoms. The second-order valence-corrected chi connectivity index (χ2v) is 2.78. The third-order valence-corrected chi connectivity index (χ3v) is 1.97. The summed E-state index contributed by atoms with van der Waals surface area (Å²) in [5.41, 5.74) is 13.3. The fraction of sp³-hybridized carbons (Fsp3) is 0.286. The smallest absolute Gasteiger partial charge is 0.319 e. The fourth-order valence-electron chi connectivity index (χ4n) is 1.30. The van der Waals surface area contributed by atoms with Crippen LogP contribution < -0.4 is 16.6 Å². The summed E-state index contributed by atoms with van der Waals surface area (Å²) in [6, 6.07) is -0.412. The van der Waals surface area contributed by atoms with E-state index < -0.39 is 6.03 Å². The number of urea groups is 1. The third kappa shape index (κ3) is 1.04. The van der Waals surface area contributed by atoms with Crippen molar-refractivity contribution in [2.75, 3.05) is 13.1 Å². The molecule has 0 aromatic carbocycles. The van der Waals surface area contributed by atoms with Crippen LogP contribution in [0.3, 0.4) is 0 Å². The monoisotopic (exact) mass is 166 g/mol. The maximum Gasteiger partial charge on any atom is 0.319 e. The number of amides is 2. The van der Waals surface area contributed by atoms with Crippen LogP contribution in [0.4, 0.5) is 4.79 Å². The first kappa shape index (κ1) is 7.17. The molecule has 0 spiro atoms. The Balaban J connectivity index is 2.15. The molecule has 64 valence electrons. The number of primary amides is 1. The van der Waals surface area contributed by atoms with Crippen LogP contribution in [-0.4, -0.2) is 24.0 Å². The average Bonchev–Trinajstić information content (AvgIpc) is 2.49. The SMILES string of the molecule is NC(=O)N1C=CC2=C(CNN2)C1. The second-order valence-electron chi connectivity index (χ2n) is 2.78. The van der Waals surface area contributed by atoms with Crippen LogP contribution in [0.1, 0.15) is 0 Å². The summed E-state index contributed by atoms with van der Waals surface area (Å²) in [6.45, 7) is 1.35. The highest BCUT2D eigenvalue weighted by molar-refractivity contribution is 5.74. The minimum atomic E-state index is -0.412. The molecule has 0 saturated heterocycles. The minimum absolute atomic E-state index is 0.412. The van der Waals surface area contributed by atoms with Gasteiger partial charge in [-0.2, -0.15) is 0 Å². The molecule has 2 rings (SSSR count). The van der Waals surface area contributed by atoms with Gasteiger partial charge in [0.15, 0.2) is 0 Å². The van der Waals surface area contributed by atoms with Crippen molar-refractivity contribution < 1.29 is 4.79 Å². The lowest BCUT2D eigenvalue weighted by atomic mass is 10.1. The molecule has 5 nitrogen and oxygen atoms in total. The quantitative estimate of drug-likeness (QED) is 0.443. The van der Waals surface area contributed by atoms with Gasteiger partial charge in [-0.25, -0.2) is 10.2 Å². The van der Waals surface area contributed by atoms with Crippen LogP contribution >= 0.6 is 0 Å². The summed E-state index contributed by atoms with van der Waals surface area (Å²) in [5, 5.41) is 0. The number of nitrogens with two attached hydrogens (primary N) is 1. The van der Waals surface area contributed by atoms with Crippen LogP contribution in [0, 0.1) is 0 Å². The van der Waals surface area contributed by atoms with Crippen LogP contribution in [0.2, 0.25) is 0 Å². The number of carbonyl (C=O) groups excluding carboxylic acids is 1. The highest BCUT2D eigenvalue weighted by atomic mass is 16.2. The first-order valence-corrected chi connectivity index (χ1v) is 3.72. The zero-order valence-corrected chi connectivity index (χ0v) is 6.50. The lowest BCUT2D eigenvalue weighted by molar-refractivity contribution is 0.227. The van der Waals surface area contributed by atoms with E-state index in [-0.39, 0.29) is 0 Å². The van der Waals surface area contributed by atoms with E-state index in [4.69, 9.17) is 5.73 Å². The molecule has 0 unspecified atom stereocenters. The topological polar surface area (TPSA) is 70.4 Å². The molecule has 0 aromatic rings. The number of hydrazine groups is 1. The Kier molecular flexibility index (Phi) is 1.51. The zero-order valence-electron chi connectivity index (χ0n) is 6.50.